The Labute approximate surface area is 111 Å². The third-order valence-electron chi connectivity index (χ3n) is 3.81. The fourth-order valence-corrected chi connectivity index (χ4v) is 2.88. The lowest BCUT2D eigenvalue weighted by Gasteiger charge is -2.04. The lowest BCUT2D eigenvalue weighted by atomic mass is 10.1. The van der Waals surface area contributed by atoms with Crippen molar-refractivity contribution in [1.82, 2.24) is 9.38 Å². The highest BCUT2D eigenvalue weighted by Gasteiger charge is 2.24. The molecule has 0 N–H and O–H groups in total. The second kappa shape index (κ2) is 3.60. The summed E-state index contributed by atoms with van der Waals surface area (Å²) in [5.41, 5.74) is 7.16. The lowest BCUT2D eigenvalue weighted by molar-refractivity contribution is 0.417. The fourth-order valence-electron chi connectivity index (χ4n) is 2.88. The van der Waals surface area contributed by atoms with Crippen molar-refractivity contribution < 1.29 is 4.74 Å². The number of aryl methyl sites for hydroxylation is 1. The van der Waals surface area contributed by atoms with Gasteiger partial charge in [0.25, 0.3) is 0 Å². The Balaban J connectivity index is 2.05. The van der Waals surface area contributed by atoms with E-state index in [0.29, 0.717) is 0 Å². The van der Waals surface area contributed by atoms with E-state index in [9.17, 15) is 0 Å². The molecule has 2 aromatic heterocycles. The van der Waals surface area contributed by atoms with Gasteiger partial charge in [-0.15, -0.1) is 0 Å². The SMILES string of the molecule is COc1cccn2c3c(nc12)-c1cc(C)ccc1C3. The smallest absolute Gasteiger partial charge is 0.180 e. The highest BCUT2D eigenvalue weighted by molar-refractivity contribution is 5.77. The minimum Gasteiger partial charge on any atom is -0.493 e. The summed E-state index contributed by atoms with van der Waals surface area (Å²) >= 11 is 0. The molecule has 4 rings (SSSR count). The van der Waals surface area contributed by atoms with Crippen LogP contribution in [0.25, 0.3) is 16.9 Å². The second-order valence-electron chi connectivity index (χ2n) is 5.01. The molecule has 0 radical (unpaired) electrons. The van der Waals surface area contributed by atoms with E-state index >= 15 is 0 Å². The average Bonchev–Trinajstić information content (AvgIpc) is 2.95. The lowest BCUT2D eigenvalue weighted by Crippen LogP contribution is -1.94. The van der Waals surface area contributed by atoms with Crippen LogP contribution in [-0.2, 0) is 6.42 Å². The highest BCUT2D eigenvalue weighted by Crippen LogP contribution is 2.38. The van der Waals surface area contributed by atoms with E-state index in [4.69, 9.17) is 9.72 Å². The summed E-state index contributed by atoms with van der Waals surface area (Å²) in [6.07, 6.45) is 3.00. The van der Waals surface area contributed by atoms with Gasteiger partial charge in [0, 0.05) is 18.2 Å². The third-order valence-corrected chi connectivity index (χ3v) is 3.81. The Kier molecular flexibility index (Phi) is 2.01. The number of nitrogens with zero attached hydrogens (tertiary/aromatic N) is 2. The summed E-state index contributed by atoms with van der Waals surface area (Å²) in [5.74, 6) is 0.825. The molecule has 0 saturated heterocycles. The summed E-state index contributed by atoms with van der Waals surface area (Å²) in [7, 11) is 1.69. The zero-order valence-corrected chi connectivity index (χ0v) is 11.0. The Morgan fingerprint density at radius 3 is 3.00 bits per heavy atom. The van der Waals surface area contributed by atoms with E-state index in [-0.39, 0.29) is 0 Å². The first-order valence-electron chi connectivity index (χ1n) is 6.42. The highest BCUT2D eigenvalue weighted by atomic mass is 16.5. The molecule has 0 saturated carbocycles. The first-order valence-corrected chi connectivity index (χ1v) is 6.42. The van der Waals surface area contributed by atoms with Gasteiger partial charge < -0.3 is 4.74 Å². The number of fused-ring (bicyclic) bond motifs is 5. The molecule has 3 aromatic rings. The van der Waals surface area contributed by atoms with Crippen molar-refractivity contribution in [3.8, 4) is 17.0 Å². The summed E-state index contributed by atoms with van der Waals surface area (Å²) in [5, 5.41) is 0. The maximum absolute atomic E-state index is 5.39. The number of rotatable bonds is 1. The number of ether oxygens (including phenoxy) is 1. The molecule has 94 valence electrons. The van der Waals surface area contributed by atoms with Crippen molar-refractivity contribution in [2.75, 3.05) is 7.11 Å². The minimum absolute atomic E-state index is 0.825. The minimum atomic E-state index is 0.825. The molecule has 0 bridgehead atoms. The zero-order valence-electron chi connectivity index (χ0n) is 11.0. The molecule has 0 amide bonds. The molecule has 19 heavy (non-hydrogen) atoms. The number of hydrogen-bond donors (Lipinski definition) is 0. The van der Waals surface area contributed by atoms with Crippen LogP contribution < -0.4 is 4.74 Å². The van der Waals surface area contributed by atoms with Crippen LogP contribution in [0, 0.1) is 6.92 Å². The van der Waals surface area contributed by atoms with Crippen LogP contribution in [0.3, 0.4) is 0 Å². The predicted octanol–water partition coefficient (Wildman–Crippen LogP) is 3.22. The molecule has 2 heterocycles. The first-order chi connectivity index (χ1) is 9.28. The Hall–Kier alpha value is -2.29. The van der Waals surface area contributed by atoms with E-state index in [1.165, 1.54) is 22.4 Å². The topological polar surface area (TPSA) is 26.5 Å². The van der Waals surface area contributed by atoms with Gasteiger partial charge in [-0.1, -0.05) is 17.7 Å². The maximum atomic E-state index is 5.39. The van der Waals surface area contributed by atoms with E-state index in [2.05, 4.69) is 35.7 Å². The Bertz CT molecular complexity index is 802. The molecule has 1 aliphatic carbocycles. The van der Waals surface area contributed by atoms with Crippen LogP contribution in [0.15, 0.2) is 36.5 Å². The molecular weight excluding hydrogens is 236 g/mol. The van der Waals surface area contributed by atoms with Crippen LogP contribution in [0.2, 0.25) is 0 Å². The molecular formula is C16H14N2O. The van der Waals surface area contributed by atoms with Crippen molar-refractivity contribution in [1.29, 1.82) is 0 Å². The Morgan fingerprint density at radius 2 is 2.16 bits per heavy atom. The monoisotopic (exact) mass is 250 g/mol. The molecule has 1 aromatic carbocycles. The standard InChI is InChI=1S/C16H14N2O/c1-10-5-6-11-9-13-15(12(11)8-10)17-16-14(19-2)4-3-7-18(13)16/h3-8H,9H2,1-2H3. The maximum Gasteiger partial charge on any atom is 0.180 e. The second-order valence-corrected chi connectivity index (χ2v) is 5.01. The van der Waals surface area contributed by atoms with Crippen LogP contribution in [0.5, 0.6) is 5.75 Å². The van der Waals surface area contributed by atoms with Crippen LogP contribution in [-0.4, -0.2) is 16.5 Å². The van der Waals surface area contributed by atoms with Crippen LogP contribution >= 0.6 is 0 Å². The first kappa shape index (κ1) is 10.6. The van der Waals surface area contributed by atoms with Gasteiger partial charge in [0.2, 0.25) is 0 Å². The van der Waals surface area contributed by atoms with Gasteiger partial charge in [0.1, 0.15) is 0 Å². The van der Waals surface area contributed by atoms with Gasteiger partial charge in [0.05, 0.1) is 18.5 Å². The molecule has 0 unspecified atom stereocenters. The number of benzene rings is 1. The largest absolute Gasteiger partial charge is 0.493 e. The summed E-state index contributed by atoms with van der Waals surface area (Å²) in [6.45, 7) is 2.12. The number of methoxy groups -OCH3 is 1. The van der Waals surface area contributed by atoms with Crippen LogP contribution in [0.1, 0.15) is 16.8 Å². The molecule has 0 aliphatic heterocycles. The number of aromatic nitrogens is 2. The van der Waals surface area contributed by atoms with Crippen molar-refractivity contribution in [3.63, 3.8) is 0 Å². The van der Waals surface area contributed by atoms with Gasteiger partial charge in [-0.05, 0) is 30.7 Å². The number of pyridine rings is 1. The number of imidazole rings is 1. The normalized spacial score (nSPS) is 12.5. The molecule has 0 atom stereocenters. The van der Waals surface area contributed by atoms with Crippen LogP contribution in [0.4, 0.5) is 0 Å². The van der Waals surface area contributed by atoms with E-state index < -0.39 is 0 Å². The third kappa shape index (κ3) is 1.35. The summed E-state index contributed by atoms with van der Waals surface area (Å²) < 4.78 is 7.54. The summed E-state index contributed by atoms with van der Waals surface area (Å²) in [6, 6.07) is 10.5. The number of hydrogen-bond acceptors (Lipinski definition) is 2. The molecule has 0 fully saturated rings. The average molecular weight is 250 g/mol. The molecule has 1 aliphatic rings. The zero-order chi connectivity index (χ0) is 13.0. The van der Waals surface area contributed by atoms with Crippen molar-refractivity contribution >= 4 is 5.65 Å². The molecule has 3 nitrogen and oxygen atoms in total. The van der Waals surface area contributed by atoms with E-state index in [0.717, 1.165) is 23.5 Å². The molecule has 0 spiro atoms. The quantitative estimate of drug-likeness (QED) is 0.518. The van der Waals surface area contributed by atoms with Gasteiger partial charge in [-0.25, -0.2) is 4.98 Å². The predicted molar refractivity (Wildman–Crippen MR) is 74.7 cm³/mol. The van der Waals surface area contributed by atoms with Crippen molar-refractivity contribution in [2.24, 2.45) is 0 Å². The van der Waals surface area contributed by atoms with Gasteiger partial charge in [-0.2, -0.15) is 0 Å². The Morgan fingerprint density at radius 1 is 1.26 bits per heavy atom. The fraction of sp³-hybridized carbons (Fsp3) is 0.188. The summed E-state index contributed by atoms with van der Waals surface area (Å²) in [4.78, 5) is 4.78. The van der Waals surface area contributed by atoms with E-state index in [1.807, 2.05) is 12.1 Å². The molecule has 3 heteroatoms. The van der Waals surface area contributed by atoms with E-state index in [1.54, 1.807) is 7.11 Å². The van der Waals surface area contributed by atoms with Crippen molar-refractivity contribution in [2.45, 2.75) is 13.3 Å². The van der Waals surface area contributed by atoms with Gasteiger partial charge in [-0.3, -0.25) is 4.40 Å². The van der Waals surface area contributed by atoms with Gasteiger partial charge >= 0.3 is 0 Å². The van der Waals surface area contributed by atoms with Gasteiger partial charge in [0.15, 0.2) is 11.4 Å². The van der Waals surface area contributed by atoms with Crippen molar-refractivity contribution in [3.05, 3.63) is 53.3 Å².